The highest BCUT2D eigenvalue weighted by molar-refractivity contribution is 7.80. The Hall–Kier alpha value is -0.720. The second kappa shape index (κ2) is 8.43. The molecule has 0 aliphatic carbocycles. The first-order valence-electron chi connectivity index (χ1n) is 5.30. The lowest BCUT2D eigenvalue weighted by molar-refractivity contribution is 0.145. The molecule has 0 saturated heterocycles. The van der Waals surface area contributed by atoms with Crippen LogP contribution >= 0.6 is 23.6 Å². The average Bonchev–Trinajstić information content (AvgIpc) is 2.79. The summed E-state index contributed by atoms with van der Waals surface area (Å²) < 4.78 is 5.22. The molecule has 0 saturated carbocycles. The molecular formula is C10H17N3OS2. The van der Waals surface area contributed by atoms with E-state index in [0.29, 0.717) is 11.7 Å². The van der Waals surface area contributed by atoms with Crippen LogP contribution in [-0.2, 0) is 11.3 Å². The molecule has 6 heteroatoms. The lowest BCUT2D eigenvalue weighted by Gasteiger charge is -2.09. The van der Waals surface area contributed by atoms with Crippen LogP contribution < -0.4 is 10.6 Å². The molecule has 0 atom stereocenters. The van der Waals surface area contributed by atoms with Crippen molar-refractivity contribution >= 4 is 28.7 Å². The fourth-order valence-electron chi connectivity index (χ4n) is 1.08. The molecule has 0 aromatic carbocycles. The van der Waals surface area contributed by atoms with Gasteiger partial charge in [-0.05, 0) is 25.6 Å². The number of ether oxygens (including phenoxy) is 1. The summed E-state index contributed by atoms with van der Waals surface area (Å²) in [6.45, 7) is 5.07. The summed E-state index contributed by atoms with van der Waals surface area (Å²) in [6, 6.07) is 0. The van der Waals surface area contributed by atoms with E-state index in [1.54, 1.807) is 17.5 Å². The van der Waals surface area contributed by atoms with Crippen LogP contribution in [0.4, 0.5) is 0 Å². The smallest absolute Gasteiger partial charge is 0.166 e. The van der Waals surface area contributed by atoms with Crippen LogP contribution in [0.25, 0.3) is 0 Å². The molecule has 0 unspecified atom stereocenters. The van der Waals surface area contributed by atoms with Gasteiger partial charge in [-0.1, -0.05) is 0 Å². The van der Waals surface area contributed by atoms with Crippen LogP contribution in [0.2, 0.25) is 0 Å². The van der Waals surface area contributed by atoms with Gasteiger partial charge in [0.1, 0.15) is 5.01 Å². The highest BCUT2D eigenvalue weighted by atomic mass is 32.1. The number of nitrogens with one attached hydrogen (secondary N) is 2. The first-order chi connectivity index (χ1) is 7.83. The number of hydrogen-bond donors (Lipinski definition) is 2. The van der Waals surface area contributed by atoms with Crippen molar-refractivity contribution in [3.63, 3.8) is 0 Å². The Kier molecular flexibility index (Phi) is 7.03. The van der Waals surface area contributed by atoms with Crippen molar-refractivity contribution < 1.29 is 4.74 Å². The van der Waals surface area contributed by atoms with E-state index >= 15 is 0 Å². The first-order valence-corrected chi connectivity index (χ1v) is 6.59. The van der Waals surface area contributed by atoms with Crippen LogP contribution in [0, 0.1) is 0 Å². The summed E-state index contributed by atoms with van der Waals surface area (Å²) >= 11 is 6.74. The molecule has 1 heterocycles. The molecule has 1 aromatic rings. The van der Waals surface area contributed by atoms with Gasteiger partial charge < -0.3 is 15.4 Å². The fourth-order valence-corrected chi connectivity index (χ4v) is 1.81. The molecule has 0 amide bonds. The van der Waals surface area contributed by atoms with Gasteiger partial charge in [0.15, 0.2) is 5.11 Å². The minimum absolute atomic E-state index is 0.673. The molecule has 2 N–H and O–H groups in total. The van der Waals surface area contributed by atoms with Crippen molar-refractivity contribution in [3.8, 4) is 0 Å². The molecule has 4 nitrogen and oxygen atoms in total. The third kappa shape index (κ3) is 5.99. The lowest BCUT2D eigenvalue weighted by atomic mass is 10.4. The highest BCUT2D eigenvalue weighted by Gasteiger charge is 1.97. The van der Waals surface area contributed by atoms with Gasteiger partial charge in [-0.3, -0.25) is 0 Å². The van der Waals surface area contributed by atoms with E-state index in [2.05, 4.69) is 15.6 Å². The zero-order valence-corrected chi connectivity index (χ0v) is 11.0. The Balaban J connectivity index is 1.99. The molecule has 0 fully saturated rings. The number of thiocarbonyl (C=S) groups is 1. The zero-order chi connectivity index (χ0) is 11.6. The Morgan fingerprint density at radius 1 is 1.56 bits per heavy atom. The topological polar surface area (TPSA) is 46.2 Å². The molecule has 0 bridgehead atoms. The average molecular weight is 259 g/mol. The maximum Gasteiger partial charge on any atom is 0.166 e. The summed E-state index contributed by atoms with van der Waals surface area (Å²) in [7, 11) is 0. The predicted molar refractivity (Wildman–Crippen MR) is 70.7 cm³/mol. The zero-order valence-electron chi connectivity index (χ0n) is 9.36. The van der Waals surface area contributed by atoms with Gasteiger partial charge in [-0.15, -0.1) is 11.3 Å². The maximum absolute atomic E-state index is 5.22. The summed E-state index contributed by atoms with van der Waals surface area (Å²) in [5.41, 5.74) is 0. The van der Waals surface area contributed by atoms with E-state index in [4.69, 9.17) is 17.0 Å². The van der Waals surface area contributed by atoms with Crippen LogP contribution in [0.3, 0.4) is 0 Å². The minimum Gasteiger partial charge on any atom is -0.382 e. The normalized spacial score (nSPS) is 10.1. The van der Waals surface area contributed by atoms with Crippen molar-refractivity contribution in [2.24, 2.45) is 0 Å². The van der Waals surface area contributed by atoms with Crippen molar-refractivity contribution in [1.82, 2.24) is 15.6 Å². The van der Waals surface area contributed by atoms with Crippen LogP contribution in [-0.4, -0.2) is 29.9 Å². The Morgan fingerprint density at radius 2 is 2.44 bits per heavy atom. The highest BCUT2D eigenvalue weighted by Crippen LogP contribution is 2.02. The first kappa shape index (κ1) is 13.3. The standard InChI is InChI=1S/C10H17N3OS2/c1-2-14-6-3-4-12-10(15)13-8-9-11-5-7-16-9/h5,7H,2-4,6,8H2,1H3,(H2,12,13,15). The summed E-state index contributed by atoms with van der Waals surface area (Å²) in [6.07, 6.45) is 2.76. The summed E-state index contributed by atoms with van der Waals surface area (Å²) in [4.78, 5) is 4.16. The molecular weight excluding hydrogens is 242 g/mol. The third-order valence-corrected chi connectivity index (χ3v) is 2.91. The number of aromatic nitrogens is 1. The van der Waals surface area contributed by atoms with Gasteiger partial charge in [-0.25, -0.2) is 4.98 Å². The second-order valence-electron chi connectivity index (χ2n) is 3.09. The molecule has 90 valence electrons. The number of hydrogen-bond acceptors (Lipinski definition) is 4. The molecule has 0 radical (unpaired) electrons. The summed E-state index contributed by atoms with van der Waals surface area (Å²) in [5.74, 6) is 0. The van der Waals surface area contributed by atoms with Gasteiger partial charge in [0, 0.05) is 31.3 Å². The molecule has 1 aromatic heterocycles. The van der Waals surface area contributed by atoms with Crippen molar-refractivity contribution in [2.45, 2.75) is 19.9 Å². The van der Waals surface area contributed by atoms with E-state index in [-0.39, 0.29) is 0 Å². The van der Waals surface area contributed by atoms with Gasteiger partial charge in [-0.2, -0.15) is 0 Å². The van der Waals surface area contributed by atoms with Crippen LogP contribution in [0.5, 0.6) is 0 Å². The fraction of sp³-hybridized carbons (Fsp3) is 0.600. The Bertz CT molecular complexity index is 290. The molecule has 0 spiro atoms. The molecule has 1 rings (SSSR count). The largest absolute Gasteiger partial charge is 0.382 e. The maximum atomic E-state index is 5.22. The summed E-state index contributed by atoms with van der Waals surface area (Å²) in [5, 5.41) is 9.89. The van der Waals surface area contributed by atoms with Crippen LogP contribution in [0.15, 0.2) is 11.6 Å². The number of thiazole rings is 1. The minimum atomic E-state index is 0.673. The van der Waals surface area contributed by atoms with E-state index in [1.165, 1.54) is 0 Å². The molecule has 16 heavy (non-hydrogen) atoms. The third-order valence-electron chi connectivity index (χ3n) is 1.84. The molecule has 0 aliphatic rings. The predicted octanol–water partition coefficient (Wildman–Crippen LogP) is 1.53. The van der Waals surface area contributed by atoms with Crippen molar-refractivity contribution in [3.05, 3.63) is 16.6 Å². The van der Waals surface area contributed by atoms with Gasteiger partial charge in [0.2, 0.25) is 0 Å². The van der Waals surface area contributed by atoms with E-state index < -0.39 is 0 Å². The Morgan fingerprint density at radius 3 is 3.12 bits per heavy atom. The lowest BCUT2D eigenvalue weighted by Crippen LogP contribution is -2.35. The van der Waals surface area contributed by atoms with Gasteiger partial charge >= 0.3 is 0 Å². The van der Waals surface area contributed by atoms with Crippen molar-refractivity contribution in [2.75, 3.05) is 19.8 Å². The van der Waals surface area contributed by atoms with E-state index in [9.17, 15) is 0 Å². The monoisotopic (exact) mass is 259 g/mol. The Labute approximate surface area is 105 Å². The van der Waals surface area contributed by atoms with Crippen LogP contribution in [0.1, 0.15) is 18.4 Å². The quantitative estimate of drug-likeness (QED) is 0.574. The van der Waals surface area contributed by atoms with Gasteiger partial charge in [0.05, 0.1) is 6.54 Å². The SMILES string of the molecule is CCOCCCNC(=S)NCc1nccs1. The van der Waals surface area contributed by atoms with Crippen molar-refractivity contribution in [1.29, 1.82) is 0 Å². The van der Waals surface area contributed by atoms with E-state index in [1.807, 2.05) is 12.3 Å². The van der Waals surface area contributed by atoms with Gasteiger partial charge in [0.25, 0.3) is 0 Å². The number of rotatable bonds is 7. The second-order valence-corrected chi connectivity index (χ2v) is 4.47. The van der Waals surface area contributed by atoms with E-state index in [0.717, 1.165) is 31.2 Å². The number of nitrogens with zero attached hydrogens (tertiary/aromatic N) is 1. The molecule has 0 aliphatic heterocycles.